The standard InChI is InChI=1S/C26H23N7O3/c1-16-11-12-32-22(16)26(36)33(19-8-4-3-5-9-19)24(31-32)17(2)29-23-21(14-27-15-28-23)25(35)30-18-7-6-10-20(34)13-18/h3-15,17,34H,1-2H3,(H,30,35)(H,27,28,29). The van der Waals surface area contributed by atoms with E-state index >= 15 is 0 Å². The van der Waals surface area contributed by atoms with E-state index in [9.17, 15) is 14.7 Å². The third-order valence-electron chi connectivity index (χ3n) is 5.73. The third kappa shape index (κ3) is 4.27. The molecule has 0 saturated heterocycles. The topological polar surface area (TPSA) is 126 Å². The number of para-hydroxylation sites is 1. The summed E-state index contributed by atoms with van der Waals surface area (Å²) in [5, 5.41) is 20.4. The Kier molecular flexibility index (Phi) is 5.91. The summed E-state index contributed by atoms with van der Waals surface area (Å²) < 4.78 is 3.13. The molecule has 0 bridgehead atoms. The van der Waals surface area contributed by atoms with Crippen LogP contribution in [0.1, 0.15) is 34.7 Å². The normalized spacial score (nSPS) is 11.8. The number of hydrogen-bond donors (Lipinski definition) is 3. The molecule has 0 saturated carbocycles. The number of benzene rings is 2. The molecule has 5 aromatic rings. The van der Waals surface area contributed by atoms with Gasteiger partial charge in [-0.05, 0) is 49.7 Å². The average molecular weight is 482 g/mol. The van der Waals surface area contributed by atoms with Crippen LogP contribution in [0.3, 0.4) is 0 Å². The lowest BCUT2D eigenvalue weighted by Crippen LogP contribution is -2.30. The number of anilines is 2. The molecule has 0 fully saturated rings. The Bertz CT molecular complexity index is 1630. The summed E-state index contributed by atoms with van der Waals surface area (Å²) in [6.07, 6.45) is 4.48. The number of hydrogen-bond acceptors (Lipinski definition) is 7. The van der Waals surface area contributed by atoms with Crippen LogP contribution < -0.4 is 16.2 Å². The number of phenols is 1. The number of nitrogens with one attached hydrogen (secondary N) is 2. The van der Waals surface area contributed by atoms with Gasteiger partial charge in [-0.15, -0.1) is 0 Å². The van der Waals surface area contributed by atoms with Crippen molar-refractivity contribution in [2.45, 2.75) is 19.9 Å². The molecule has 0 aliphatic rings. The molecule has 10 heteroatoms. The number of carbonyl (C=O) groups excluding carboxylic acids is 1. The van der Waals surface area contributed by atoms with E-state index < -0.39 is 11.9 Å². The molecule has 2 aromatic carbocycles. The molecule has 3 heterocycles. The minimum Gasteiger partial charge on any atom is -0.508 e. The molecule has 0 spiro atoms. The molecule has 0 aliphatic carbocycles. The van der Waals surface area contributed by atoms with Crippen molar-refractivity contribution < 1.29 is 9.90 Å². The smallest absolute Gasteiger partial charge is 0.282 e. The van der Waals surface area contributed by atoms with Crippen molar-refractivity contribution in [1.82, 2.24) is 24.1 Å². The van der Waals surface area contributed by atoms with Crippen molar-refractivity contribution in [3.63, 3.8) is 0 Å². The molecule has 10 nitrogen and oxygen atoms in total. The Morgan fingerprint density at radius 3 is 2.67 bits per heavy atom. The van der Waals surface area contributed by atoms with Crippen molar-refractivity contribution in [3.05, 3.63) is 107 Å². The van der Waals surface area contributed by atoms with Gasteiger partial charge in [-0.2, -0.15) is 5.10 Å². The van der Waals surface area contributed by atoms with Crippen molar-refractivity contribution >= 4 is 22.9 Å². The minimum absolute atomic E-state index is 0.0321. The molecule has 1 atom stereocenters. The number of fused-ring (bicyclic) bond motifs is 1. The van der Waals surface area contributed by atoms with E-state index in [2.05, 4.69) is 20.6 Å². The highest BCUT2D eigenvalue weighted by Gasteiger charge is 2.22. The van der Waals surface area contributed by atoms with Gasteiger partial charge in [-0.1, -0.05) is 24.3 Å². The molecule has 1 unspecified atom stereocenters. The van der Waals surface area contributed by atoms with Gasteiger partial charge >= 0.3 is 0 Å². The molecule has 0 aliphatic heterocycles. The highest BCUT2D eigenvalue weighted by molar-refractivity contribution is 6.07. The van der Waals surface area contributed by atoms with E-state index in [1.807, 2.05) is 50.2 Å². The summed E-state index contributed by atoms with van der Waals surface area (Å²) in [6.45, 7) is 3.70. The van der Waals surface area contributed by atoms with Crippen LogP contribution >= 0.6 is 0 Å². The SMILES string of the molecule is Cc1ccn2nc(C(C)Nc3ncncc3C(=O)Nc3cccc(O)c3)n(-c3ccccc3)c(=O)c12. The Morgan fingerprint density at radius 1 is 1.08 bits per heavy atom. The molecular formula is C26H23N7O3. The number of rotatable bonds is 6. The van der Waals surface area contributed by atoms with Crippen molar-refractivity contribution in [3.8, 4) is 11.4 Å². The van der Waals surface area contributed by atoms with Gasteiger partial charge < -0.3 is 15.7 Å². The zero-order chi connectivity index (χ0) is 25.2. The van der Waals surface area contributed by atoms with Gasteiger partial charge in [0.05, 0.1) is 11.7 Å². The zero-order valence-corrected chi connectivity index (χ0v) is 19.6. The van der Waals surface area contributed by atoms with Crippen molar-refractivity contribution in [1.29, 1.82) is 0 Å². The molecular weight excluding hydrogens is 458 g/mol. The van der Waals surface area contributed by atoms with Gasteiger partial charge in [0.25, 0.3) is 11.5 Å². The van der Waals surface area contributed by atoms with E-state index in [-0.39, 0.29) is 22.7 Å². The summed E-state index contributed by atoms with van der Waals surface area (Å²) in [6, 6.07) is 16.8. The van der Waals surface area contributed by atoms with Crippen LogP contribution in [-0.4, -0.2) is 35.2 Å². The Labute approximate surface area is 205 Å². The van der Waals surface area contributed by atoms with Crippen molar-refractivity contribution in [2.24, 2.45) is 0 Å². The van der Waals surface area contributed by atoms with E-state index in [4.69, 9.17) is 5.10 Å². The largest absolute Gasteiger partial charge is 0.508 e. The molecule has 3 aromatic heterocycles. The molecule has 5 rings (SSSR count). The number of carbonyl (C=O) groups is 1. The molecule has 0 radical (unpaired) electrons. The Hall–Kier alpha value is -4.99. The van der Waals surface area contributed by atoms with Gasteiger partial charge in [0.15, 0.2) is 5.82 Å². The van der Waals surface area contributed by atoms with Crippen LogP contribution in [-0.2, 0) is 0 Å². The van der Waals surface area contributed by atoms with Gasteiger partial charge in [0.1, 0.15) is 29.0 Å². The minimum atomic E-state index is -0.521. The third-order valence-corrected chi connectivity index (χ3v) is 5.73. The molecule has 180 valence electrons. The summed E-state index contributed by atoms with van der Waals surface area (Å²) in [5.41, 5.74) is 2.40. The summed E-state index contributed by atoms with van der Waals surface area (Å²) in [7, 11) is 0. The second-order valence-corrected chi connectivity index (χ2v) is 8.28. The predicted molar refractivity (Wildman–Crippen MR) is 136 cm³/mol. The highest BCUT2D eigenvalue weighted by Crippen LogP contribution is 2.23. The fraction of sp³-hybridized carbons (Fsp3) is 0.115. The van der Waals surface area contributed by atoms with Gasteiger partial charge in [0, 0.05) is 24.1 Å². The molecule has 3 N–H and O–H groups in total. The van der Waals surface area contributed by atoms with Gasteiger partial charge in [-0.25, -0.2) is 14.5 Å². The lowest BCUT2D eigenvalue weighted by Gasteiger charge is -2.20. The van der Waals surface area contributed by atoms with Crippen LogP contribution in [0.2, 0.25) is 0 Å². The fourth-order valence-corrected chi connectivity index (χ4v) is 4.00. The lowest BCUT2D eigenvalue weighted by atomic mass is 10.2. The van der Waals surface area contributed by atoms with E-state index in [1.165, 1.54) is 24.7 Å². The number of aromatic hydroxyl groups is 1. The first-order valence-electron chi connectivity index (χ1n) is 11.3. The monoisotopic (exact) mass is 481 g/mol. The van der Waals surface area contributed by atoms with Gasteiger partial charge in [-0.3, -0.25) is 14.2 Å². The number of aryl methyl sites for hydroxylation is 1. The number of phenolic OH excluding ortho intramolecular Hbond substituents is 1. The lowest BCUT2D eigenvalue weighted by molar-refractivity contribution is 0.102. The highest BCUT2D eigenvalue weighted by atomic mass is 16.3. The molecule has 1 amide bonds. The number of nitrogens with zero attached hydrogens (tertiary/aromatic N) is 5. The van der Waals surface area contributed by atoms with Gasteiger partial charge in [0.2, 0.25) is 0 Å². The maximum Gasteiger partial charge on any atom is 0.282 e. The average Bonchev–Trinajstić information content (AvgIpc) is 3.25. The van der Waals surface area contributed by atoms with E-state index in [0.717, 1.165) is 5.56 Å². The summed E-state index contributed by atoms with van der Waals surface area (Å²) >= 11 is 0. The Morgan fingerprint density at radius 2 is 1.89 bits per heavy atom. The fourth-order valence-electron chi connectivity index (χ4n) is 4.00. The van der Waals surface area contributed by atoms with Crippen LogP contribution in [0.5, 0.6) is 5.75 Å². The second kappa shape index (κ2) is 9.34. The van der Waals surface area contributed by atoms with Crippen LogP contribution in [0.25, 0.3) is 11.2 Å². The Balaban J connectivity index is 1.53. The number of aromatic nitrogens is 5. The zero-order valence-electron chi connectivity index (χ0n) is 19.6. The van der Waals surface area contributed by atoms with E-state index in [0.29, 0.717) is 22.7 Å². The molecule has 36 heavy (non-hydrogen) atoms. The van der Waals surface area contributed by atoms with Crippen molar-refractivity contribution in [2.75, 3.05) is 10.6 Å². The predicted octanol–water partition coefficient (Wildman–Crippen LogP) is 3.71. The second-order valence-electron chi connectivity index (χ2n) is 8.28. The summed E-state index contributed by atoms with van der Waals surface area (Å²) in [4.78, 5) is 34.8. The summed E-state index contributed by atoms with van der Waals surface area (Å²) in [5.74, 6) is 0.283. The quantitative estimate of drug-likeness (QED) is 0.337. The van der Waals surface area contributed by atoms with E-state index in [1.54, 1.807) is 27.4 Å². The van der Waals surface area contributed by atoms with Crippen LogP contribution in [0.15, 0.2) is 84.2 Å². The first kappa shape index (κ1) is 22.8. The first-order valence-corrected chi connectivity index (χ1v) is 11.3. The number of amides is 1. The first-order chi connectivity index (χ1) is 17.4. The van der Waals surface area contributed by atoms with Crippen LogP contribution in [0.4, 0.5) is 11.5 Å². The maximum absolute atomic E-state index is 13.6. The maximum atomic E-state index is 13.6. The van der Waals surface area contributed by atoms with Crippen LogP contribution in [0, 0.1) is 6.92 Å².